The van der Waals surface area contributed by atoms with Gasteiger partial charge in [0, 0.05) is 31.1 Å². The molecule has 0 amide bonds. The van der Waals surface area contributed by atoms with Crippen molar-refractivity contribution in [2.24, 2.45) is 25.0 Å². The number of carbonyl (C=O) groups excluding carboxylic acids is 1. The molecule has 162 valence electrons. The molecule has 2 atom stereocenters. The van der Waals surface area contributed by atoms with Gasteiger partial charge in [0.05, 0.1) is 17.2 Å². The van der Waals surface area contributed by atoms with Gasteiger partial charge in [0.25, 0.3) is 5.56 Å². The lowest BCUT2D eigenvalue weighted by molar-refractivity contribution is 0.0953. The molecule has 0 saturated heterocycles. The average molecular weight is 428 g/mol. The predicted octanol–water partition coefficient (Wildman–Crippen LogP) is 3.40. The van der Waals surface area contributed by atoms with E-state index in [1.165, 1.54) is 11.6 Å². The minimum atomic E-state index is -0.594. The number of ketones is 1. The largest absolute Gasteiger partial charge is 0.332 e. The van der Waals surface area contributed by atoms with Gasteiger partial charge < -0.3 is 0 Å². The smallest absolute Gasteiger partial charge is 0.293 e. The van der Waals surface area contributed by atoms with Crippen molar-refractivity contribution in [1.82, 2.24) is 9.13 Å². The third-order valence-corrected chi connectivity index (χ3v) is 7.32. The van der Waals surface area contributed by atoms with E-state index in [1.807, 2.05) is 52.0 Å². The van der Waals surface area contributed by atoms with Crippen molar-refractivity contribution in [2.45, 2.75) is 33.6 Å². The molecule has 6 heteroatoms. The van der Waals surface area contributed by atoms with Crippen LogP contribution in [0.15, 0.2) is 44.9 Å². The Morgan fingerprint density at radius 2 is 1.38 bits per heavy atom. The molecule has 2 aromatic carbocycles. The van der Waals surface area contributed by atoms with Gasteiger partial charge >= 0.3 is 5.69 Å². The van der Waals surface area contributed by atoms with Crippen LogP contribution in [0.2, 0.25) is 0 Å². The molecule has 2 heterocycles. The fourth-order valence-electron chi connectivity index (χ4n) is 5.39. The van der Waals surface area contributed by atoms with Gasteiger partial charge in [-0.3, -0.25) is 18.7 Å². The van der Waals surface area contributed by atoms with Crippen LogP contribution in [0.25, 0.3) is 0 Å². The highest BCUT2D eigenvalue weighted by atomic mass is 16.2. The summed E-state index contributed by atoms with van der Waals surface area (Å²) in [6, 6.07) is 9.58. The molecule has 1 aliphatic carbocycles. The number of hydrogen-bond donors (Lipinski definition) is 0. The molecule has 0 bridgehead atoms. The Morgan fingerprint density at radius 3 is 2.00 bits per heavy atom. The molecule has 5 rings (SSSR count). The number of aryl methyl sites for hydroxylation is 2. The Labute approximate surface area is 185 Å². The second-order valence-electron chi connectivity index (χ2n) is 8.98. The summed E-state index contributed by atoms with van der Waals surface area (Å²) < 4.78 is 2.54. The van der Waals surface area contributed by atoms with Gasteiger partial charge in [-0.05, 0) is 55.5 Å². The van der Waals surface area contributed by atoms with Crippen LogP contribution in [-0.4, -0.2) is 20.6 Å². The predicted molar refractivity (Wildman–Crippen MR) is 125 cm³/mol. The maximum atomic E-state index is 13.7. The number of aliphatic imine (C=N–C) groups is 1. The minimum absolute atomic E-state index is 0.0242. The maximum absolute atomic E-state index is 13.7. The second-order valence-corrected chi connectivity index (χ2v) is 8.98. The number of fused-ring (bicyclic) bond motifs is 4. The first-order valence-electron chi connectivity index (χ1n) is 10.7. The lowest BCUT2D eigenvalue weighted by atomic mass is 9.72. The lowest BCUT2D eigenvalue weighted by Gasteiger charge is -2.32. The number of nitrogens with zero attached hydrogens (tertiary/aromatic N) is 3. The third-order valence-electron chi connectivity index (χ3n) is 7.32. The topological polar surface area (TPSA) is 73.4 Å². The van der Waals surface area contributed by atoms with E-state index in [0.717, 1.165) is 37.9 Å². The number of aromatic nitrogens is 2. The van der Waals surface area contributed by atoms with Gasteiger partial charge in [-0.1, -0.05) is 30.3 Å². The van der Waals surface area contributed by atoms with E-state index in [0.29, 0.717) is 22.7 Å². The number of rotatable bonds is 1. The molecule has 0 saturated carbocycles. The molecular formula is C26H25N3O3. The van der Waals surface area contributed by atoms with E-state index in [2.05, 4.69) is 6.07 Å². The molecule has 32 heavy (non-hydrogen) atoms. The van der Waals surface area contributed by atoms with Crippen LogP contribution in [-0.2, 0) is 14.1 Å². The van der Waals surface area contributed by atoms with Crippen LogP contribution >= 0.6 is 0 Å². The van der Waals surface area contributed by atoms with Crippen LogP contribution in [0.1, 0.15) is 55.2 Å². The molecule has 0 radical (unpaired) electrons. The zero-order valence-corrected chi connectivity index (χ0v) is 19.1. The second kappa shape index (κ2) is 6.73. The summed E-state index contributed by atoms with van der Waals surface area (Å²) in [5, 5.41) is 0. The number of Topliss-reactive ketones (excluding diaryl/α,β-unsaturated/α-hetero) is 1. The Balaban J connectivity index is 1.97. The van der Waals surface area contributed by atoms with Crippen molar-refractivity contribution in [3.8, 4) is 0 Å². The van der Waals surface area contributed by atoms with E-state index < -0.39 is 23.1 Å². The molecule has 0 spiro atoms. The summed E-state index contributed by atoms with van der Waals surface area (Å²) in [6.07, 6.45) is 0. The lowest BCUT2D eigenvalue weighted by Crippen LogP contribution is -2.43. The average Bonchev–Trinajstić information content (AvgIpc) is 3.06. The zero-order valence-electron chi connectivity index (χ0n) is 19.1. The van der Waals surface area contributed by atoms with Crippen molar-refractivity contribution in [2.75, 3.05) is 0 Å². The highest BCUT2D eigenvalue weighted by Crippen LogP contribution is 2.48. The summed E-state index contributed by atoms with van der Waals surface area (Å²) in [4.78, 5) is 44.7. The monoisotopic (exact) mass is 427 g/mol. The molecule has 0 fully saturated rings. The van der Waals surface area contributed by atoms with Crippen LogP contribution in [0, 0.1) is 33.6 Å². The van der Waals surface area contributed by atoms with Crippen LogP contribution < -0.4 is 11.2 Å². The normalized spacial score (nSPS) is 18.8. The Morgan fingerprint density at radius 1 is 0.781 bits per heavy atom. The Kier molecular flexibility index (Phi) is 4.28. The summed E-state index contributed by atoms with van der Waals surface area (Å²) in [5.41, 5.74) is 6.97. The summed E-state index contributed by atoms with van der Waals surface area (Å²) in [5.74, 6) is -0.786. The van der Waals surface area contributed by atoms with Crippen molar-refractivity contribution < 1.29 is 4.79 Å². The fourth-order valence-corrected chi connectivity index (χ4v) is 5.39. The standard InChI is InChI=1S/C26H25N3O3/c1-12-11-13(2)15(4)18(14(12)3)19-20-22(16-9-7-8-10-17(16)23(20)30)27-24-21(19)25(31)29(6)26(32)28(24)5/h7-11,19-20H,1-6H3/t19-,20-/m1/s1. The first-order valence-corrected chi connectivity index (χ1v) is 10.7. The Bertz CT molecular complexity index is 1480. The molecular weight excluding hydrogens is 402 g/mol. The molecule has 0 N–H and O–H groups in total. The van der Waals surface area contributed by atoms with Gasteiger partial charge in [0.1, 0.15) is 5.82 Å². The molecule has 1 aromatic heterocycles. The number of benzene rings is 2. The van der Waals surface area contributed by atoms with Crippen molar-refractivity contribution in [3.63, 3.8) is 0 Å². The Hall–Kier alpha value is -3.54. The van der Waals surface area contributed by atoms with Crippen molar-refractivity contribution in [3.05, 3.63) is 95.7 Å². The highest BCUT2D eigenvalue weighted by Gasteiger charge is 2.48. The fraction of sp³-hybridized carbons (Fsp3) is 0.308. The summed E-state index contributed by atoms with van der Waals surface area (Å²) in [6.45, 7) is 8.19. The van der Waals surface area contributed by atoms with Crippen molar-refractivity contribution >= 4 is 17.3 Å². The van der Waals surface area contributed by atoms with Gasteiger partial charge in [-0.15, -0.1) is 0 Å². The number of hydrogen-bond acceptors (Lipinski definition) is 4. The van der Waals surface area contributed by atoms with Crippen LogP contribution in [0.5, 0.6) is 0 Å². The minimum Gasteiger partial charge on any atom is -0.293 e. The zero-order chi connectivity index (χ0) is 23.1. The van der Waals surface area contributed by atoms with Gasteiger partial charge in [0.2, 0.25) is 0 Å². The van der Waals surface area contributed by atoms with E-state index in [4.69, 9.17) is 4.99 Å². The van der Waals surface area contributed by atoms with Gasteiger partial charge in [0.15, 0.2) is 5.78 Å². The maximum Gasteiger partial charge on any atom is 0.332 e. The first-order chi connectivity index (χ1) is 15.1. The SMILES string of the molecule is Cc1cc(C)c(C)c([C@H]2c3c(n(C)c(=O)n(C)c3=O)N=C3c4ccccc4C(=O)[C@@H]32)c1C. The van der Waals surface area contributed by atoms with Gasteiger partial charge in [-0.25, -0.2) is 9.79 Å². The van der Waals surface area contributed by atoms with Crippen LogP contribution in [0.4, 0.5) is 5.82 Å². The van der Waals surface area contributed by atoms with E-state index >= 15 is 0 Å². The number of carbonyl (C=O) groups is 1. The summed E-state index contributed by atoms with van der Waals surface area (Å²) >= 11 is 0. The van der Waals surface area contributed by atoms with E-state index in [1.54, 1.807) is 7.05 Å². The van der Waals surface area contributed by atoms with Crippen LogP contribution in [0.3, 0.4) is 0 Å². The highest BCUT2D eigenvalue weighted by molar-refractivity contribution is 6.30. The third kappa shape index (κ3) is 2.46. The van der Waals surface area contributed by atoms with E-state index in [-0.39, 0.29) is 5.78 Å². The first kappa shape index (κ1) is 20.4. The molecule has 2 aliphatic rings. The van der Waals surface area contributed by atoms with E-state index in [9.17, 15) is 14.4 Å². The molecule has 3 aromatic rings. The van der Waals surface area contributed by atoms with Gasteiger partial charge in [-0.2, -0.15) is 0 Å². The summed E-state index contributed by atoms with van der Waals surface area (Å²) in [7, 11) is 3.11. The molecule has 1 aliphatic heterocycles. The molecule has 0 unspecified atom stereocenters. The van der Waals surface area contributed by atoms with Crippen molar-refractivity contribution in [1.29, 1.82) is 0 Å². The molecule has 6 nitrogen and oxygen atoms in total. The quantitative estimate of drug-likeness (QED) is 0.598.